The van der Waals surface area contributed by atoms with E-state index in [1.165, 1.54) is 22.6 Å². The molecule has 1 N–H and O–H groups in total. The molecule has 3 aliphatic rings. The minimum absolute atomic E-state index is 0.0679. The molecule has 1 atom stereocenters. The van der Waals surface area contributed by atoms with E-state index in [9.17, 15) is 22.8 Å². The number of aryl methyl sites for hydroxylation is 2. The fourth-order valence-electron chi connectivity index (χ4n) is 6.20. The maximum atomic E-state index is 12.9. The highest BCUT2D eigenvalue weighted by Gasteiger charge is 2.45. The lowest BCUT2D eigenvalue weighted by molar-refractivity contribution is -0.137. The van der Waals surface area contributed by atoms with Gasteiger partial charge in [0.25, 0.3) is 0 Å². The van der Waals surface area contributed by atoms with Crippen molar-refractivity contribution in [2.45, 2.75) is 64.8 Å². The number of hydrogen-bond acceptors (Lipinski definition) is 8. The number of thiophene rings is 1. The average Bonchev–Trinajstić information content (AvgIpc) is 3.91. The number of allylic oxidation sites excluding steroid dienone is 1. The second-order valence-corrected chi connectivity index (χ2v) is 14.5. The zero-order valence-corrected chi connectivity index (χ0v) is 29.3. The van der Waals surface area contributed by atoms with E-state index < -0.39 is 11.7 Å². The Labute approximate surface area is 290 Å². The van der Waals surface area contributed by atoms with Gasteiger partial charge in [-0.1, -0.05) is 43.8 Å². The maximum absolute atomic E-state index is 12.9. The van der Waals surface area contributed by atoms with Crippen LogP contribution in [0.2, 0.25) is 0 Å². The Hall–Kier alpha value is -4.24. The number of carbonyl (C=O) groups is 2. The number of benzene rings is 2. The smallest absolute Gasteiger partial charge is 0.357 e. The first-order chi connectivity index (χ1) is 23.4. The van der Waals surface area contributed by atoms with Gasteiger partial charge in [0.1, 0.15) is 11.0 Å². The van der Waals surface area contributed by atoms with Crippen LogP contribution in [0.25, 0.3) is 11.0 Å². The molecule has 5 heterocycles. The van der Waals surface area contributed by atoms with Crippen molar-refractivity contribution in [1.29, 1.82) is 0 Å². The number of alkyl halides is 3. The van der Waals surface area contributed by atoms with Crippen LogP contribution in [0.1, 0.15) is 54.3 Å². The van der Waals surface area contributed by atoms with E-state index >= 15 is 0 Å². The first-order valence-electron chi connectivity index (χ1n) is 16.1. The lowest BCUT2D eigenvalue weighted by atomic mass is 10.1. The summed E-state index contributed by atoms with van der Waals surface area (Å²) >= 11 is 3.31. The number of anilines is 1. The molecule has 2 fully saturated rings. The van der Waals surface area contributed by atoms with E-state index in [0.29, 0.717) is 37.3 Å². The molecule has 260 valence electrons. The Morgan fingerprint density at radius 3 is 2.20 bits per heavy atom. The fraction of sp³-hybridized carbons (Fsp3) is 0.412. The Bertz CT molecular complexity index is 1860. The molecule has 2 saturated heterocycles. The lowest BCUT2D eigenvalue weighted by Crippen LogP contribution is -2.54. The van der Waals surface area contributed by atoms with E-state index in [-0.39, 0.29) is 17.1 Å². The number of aromatic nitrogens is 2. The van der Waals surface area contributed by atoms with Crippen LogP contribution in [0.4, 0.5) is 27.8 Å². The normalized spacial score (nSPS) is 19.5. The quantitative estimate of drug-likeness (QED) is 0.199. The molecule has 15 heteroatoms. The molecule has 0 bridgehead atoms. The summed E-state index contributed by atoms with van der Waals surface area (Å²) in [5.74, 6) is 0. The van der Waals surface area contributed by atoms with E-state index in [4.69, 9.17) is 4.63 Å². The highest BCUT2D eigenvalue weighted by Crippen LogP contribution is 2.40. The number of halogens is 3. The summed E-state index contributed by atoms with van der Waals surface area (Å²) in [6.45, 7) is 11.8. The molecule has 4 aromatic rings. The zero-order valence-electron chi connectivity index (χ0n) is 27.7. The van der Waals surface area contributed by atoms with E-state index in [1.54, 1.807) is 32.9 Å². The summed E-state index contributed by atoms with van der Waals surface area (Å²) in [6, 6.07) is 12.7. The van der Waals surface area contributed by atoms with Gasteiger partial charge in [-0.05, 0) is 89.4 Å². The summed E-state index contributed by atoms with van der Waals surface area (Å²) in [5.41, 5.74) is 4.79. The number of nitrogens with zero attached hydrogens (tertiary/aromatic N) is 6. The molecule has 0 radical (unpaired) electrons. The summed E-state index contributed by atoms with van der Waals surface area (Å²) in [5, 5.41) is 14.2. The van der Waals surface area contributed by atoms with Gasteiger partial charge in [0.15, 0.2) is 4.99 Å². The van der Waals surface area contributed by atoms with Crippen molar-refractivity contribution >= 4 is 51.2 Å². The summed E-state index contributed by atoms with van der Waals surface area (Å²) in [6.07, 6.45) is -2.55. The highest BCUT2D eigenvalue weighted by atomic mass is 32.2. The van der Waals surface area contributed by atoms with Crippen LogP contribution in [0.3, 0.4) is 0 Å². The number of nitrogens with one attached hydrogen (secondary N) is 1. The second kappa shape index (κ2) is 13.9. The number of urea groups is 2. The third-order valence-corrected chi connectivity index (χ3v) is 11.7. The number of amides is 4. The van der Waals surface area contributed by atoms with Gasteiger partial charge in [-0.15, -0.1) is 11.3 Å². The third kappa shape index (κ3) is 7.23. The zero-order chi connectivity index (χ0) is 34.9. The molecule has 4 amide bonds. The minimum Gasteiger partial charge on any atom is -0.357 e. The Balaban J connectivity index is 0.000000170. The number of thioether (sulfide) groups is 1. The van der Waals surface area contributed by atoms with E-state index in [2.05, 4.69) is 34.9 Å². The van der Waals surface area contributed by atoms with Crippen molar-refractivity contribution < 1.29 is 27.4 Å². The Morgan fingerprint density at radius 2 is 1.55 bits per heavy atom. The molecular weight excluding hydrogens is 676 g/mol. The molecule has 1 unspecified atom stereocenters. The molecule has 0 saturated carbocycles. The molecule has 2 aromatic carbocycles. The van der Waals surface area contributed by atoms with Crippen LogP contribution >= 0.6 is 23.1 Å². The molecule has 3 aliphatic heterocycles. The van der Waals surface area contributed by atoms with E-state index in [0.717, 1.165) is 59.8 Å². The van der Waals surface area contributed by atoms with Crippen molar-refractivity contribution in [2.75, 3.05) is 31.1 Å². The second-order valence-electron chi connectivity index (χ2n) is 12.2. The van der Waals surface area contributed by atoms with Gasteiger partial charge in [0, 0.05) is 49.8 Å². The van der Waals surface area contributed by atoms with Crippen LogP contribution in [0.15, 0.2) is 64.3 Å². The first-order valence-corrected chi connectivity index (χ1v) is 17.8. The number of rotatable bonds is 8. The van der Waals surface area contributed by atoms with E-state index in [1.807, 2.05) is 47.9 Å². The number of fused-ring (bicyclic) bond motifs is 1. The van der Waals surface area contributed by atoms with Crippen LogP contribution in [-0.4, -0.2) is 68.2 Å². The van der Waals surface area contributed by atoms with Gasteiger partial charge in [-0.2, -0.15) is 13.2 Å². The number of hydrogen-bond donors (Lipinski definition) is 1. The van der Waals surface area contributed by atoms with Crippen LogP contribution < -0.4 is 10.2 Å². The molecule has 0 aliphatic carbocycles. The van der Waals surface area contributed by atoms with Gasteiger partial charge in [0.05, 0.1) is 10.6 Å². The SMILES string of the molecule is CCC1(N2CCN(Cc3ccc4nonc4c3)C2=O)NC(C)=CS1.CCc1sc(N2CCN(Cc3ccc(C(F)(F)F)cc3)C2=O)cc1C. The largest absolute Gasteiger partial charge is 0.416 e. The van der Waals surface area contributed by atoms with Gasteiger partial charge < -0.3 is 15.1 Å². The third-order valence-electron chi connectivity index (χ3n) is 8.87. The predicted molar refractivity (Wildman–Crippen MR) is 185 cm³/mol. The van der Waals surface area contributed by atoms with Crippen molar-refractivity contribution in [2.24, 2.45) is 0 Å². The van der Waals surface area contributed by atoms with Crippen LogP contribution in [0, 0.1) is 6.92 Å². The monoisotopic (exact) mass is 713 g/mol. The van der Waals surface area contributed by atoms with Crippen molar-refractivity contribution in [3.05, 3.63) is 86.8 Å². The maximum Gasteiger partial charge on any atom is 0.416 e. The lowest BCUT2D eigenvalue weighted by Gasteiger charge is -2.37. The van der Waals surface area contributed by atoms with Crippen LogP contribution in [-0.2, 0) is 25.7 Å². The number of carbonyl (C=O) groups excluding carboxylic acids is 2. The van der Waals surface area contributed by atoms with Crippen molar-refractivity contribution in [3.63, 3.8) is 0 Å². The van der Waals surface area contributed by atoms with Gasteiger partial charge >= 0.3 is 18.2 Å². The Morgan fingerprint density at radius 1 is 0.878 bits per heavy atom. The van der Waals surface area contributed by atoms with Crippen molar-refractivity contribution in [3.8, 4) is 0 Å². The summed E-state index contributed by atoms with van der Waals surface area (Å²) in [4.78, 5) is 33.7. The molecular formula is C34H38F3N7O3S2. The first kappa shape index (κ1) is 34.6. The fourth-order valence-corrected chi connectivity index (χ4v) is 8.44. The predicted octanol–water partition coefficient (Wildman–Crippen LogP) is 7.80. The summed E-state index contributed by atoms with van der Waals surface area (Å²) in [7, 11) is 0. The van der Waals surface area contributed by atoms with Crippen LogP contribution in [0.5, 0.6) is 0 Å². The van der Waals surface area contributed by atoms with Crippen molar-refractivity contribution in [1.82, 2.24) is 30.3 Å². The van der Waals surface area contributed by atoms with Gasteiger partial charge in [0.2, 0.25) is 0 Å². The standard InChI is InChI=1S/C18H19F3N2OS.C16H19N5O2S/c1-3-15-12(2)10-16(25-15)23-9-8-22(17(23)24)11-13-4-6-14(7-5-13)18(19,20)21;1-3-16(17-11(2)10-24-16)21-7-6-20(15(21)22)9-12-4-5-13-14(8-12)19-23-18-13/h4-7,10H,3,8-9,11H2,1-2H3;4-5,8,10,17H,3,6-7,9H2,1-2H3. The molecule has 0 spiro atoms. The summed E-state index contributed by atoms with van der Waals surface area (Å²) < 4.78 is 42.6. The minimum atomic E-state index is -4.34. The molecule has 10 nitrogen and oxygen atoms in total. The average molecular weight is 714 g/mol. The molecule has 2 aromatic heterocycles. The highest BCUT2D eigenvalue weighted by molar-refractivity contribution is 8.03. The topological polar surface area (TPSA) is 98.0 Å². The van der Waals surface area contributed by atoms with Gasteiger partial charge in [-0.25, -0.2) is 14.2 Å². The Kier molecular flexibility index (Phi) is 9.85. The molecule has 7 rings (SSSR count). The molecule has 49 heavy (non-hydrogen) atoms. The van der Waals surface area contributed by atoms with Gasteiger partial charge in [-0.3, -0.25) is 9.80 Å².